The molecule has 0 fully saturated rings. The molecule has 0 bridgehead atoms. The Hall–Kier alpha value is -2.32. The van der Waals surface area contributed by atoms with E-state index in [0.29, 0.717) is 17.1 Å². The minimum atomic E-state index is -0.436. The smallest absolute Gasteiger partial charge is 0.307 e. The van der Waals surface area contributed by atoms with Gasteiger partial charge in [-0.05, 0) is 71.7 Å². The molecule has 1 aromatic heterocycles. The molecule has 0 aliphatic heterocycles. The second kappa shape index (κ2) is 8.79. The van der Waals surface area contributed by atoms with Gasteiger partial charge >= 0.3 is 5.91 Å². The second-order valence-corrected chi connectivity index (χ2v) is 7.96. The van der Waals surface area contributed by atoms with Crippen LogP contribution in [0.3, 0.4) is 0 Å². The van der Waals surface area contributed by atoms with Crippen molar-refractivity contribution < 1.29 is 18.7 Å². The fraction of sp³-hybridized carbons (Fsp3) is 0.200. The first kappa shape index (κ1) is 20.4. The Balaban J connectivity index is 1.74. The molecule has 8 heteroatoms. The van der Waals surface area contributed by atoms with Gasteiger partial charge in [0.2, 0.25) is 0 Å². The molecule has 0 saturated carbocycles. The van der Waals surface area contributed by atoms with E-state index < -0.39 is 5.91 Å². The van der Waals surface area contributed by atoms with Crippen molar-refractivity contribution in [3.05, 3.63) is 56.7 Å². The summed E-state index contributed by atoms with van der Waals surface area (Å²) in [6, 6.07) is 10.8. The van der Waals surface area contributed by atoms with E-state index in [2.05, 4.69) is 42.4 Å². The fourth-order valence-corrected chi connectivity index (χ4v) is 3.44. The molecule has 0 radical (unpaired) electrons. The molecular formula is C20H18Br2N2O4. The fourth-order valence-electron chi connectivity index (χ4n) is 2.51. The van der Waals surface area contributed by atoms with E-state index in [4.69, 9.17) is 13.9 Å². The summed E-state index contributed by atoms with van der Waals surface area (Å²) >= 11 is 6.87. The summed E-state index contributed by atoms with van der Waals surface area (Å²) < 4.78 is 18.3. The molecule has 3 rings (SSSR count). The number of halogens is 2. The first-order chi connectivity index (χ1) is 13.4. The Morgan fingerprint density at radius 2 is 2.00 bits per heavy atom. The number of nitrogens with one attached hydrogen (secondary N) is 1. The highest BCUT2D eigenvalue weighted by atomic mass is 79.9. The molecule has 0 atom stereocenters. The van der Waals surface area contributed by atoms with Crippen LogP contribution in [0.1, 0.15) is 30.0 Å². The Morgan fingerprint density at radius 3 is 2.71 bits per heavy atom. The third-order valence-corrected chi connectivity index (χ3v) is 4.77. The van der Waals surface area contributed by atoms with Crippen LogP contribution in [0.4, 0.5) is 0 Å². The van der Waals surface area contributed by atoms with Gasteiger partial charge in [-0.2, -0.15) is 5.10 Å². The average molecular weight is 510 g/mol. The summed E-state index contributed by atoms with van der Waals surface area (Å²) in [5.74, 6) is 0.935. The van der Waals surface area contributed by atoms with Crippen LogP contribution in [0.5, 0.6) is 11.5 Å². The Morgan fingerprint density at radius 1 is 1.21 bits per heavy atom. The SMILES string of the molecule is COc1cc(/C=N/NC(=O)c2cc3cc(Br)ccc3o2)cc(Br)c1OC(C)C. The molecule has 146 valence electrons. The monoisotopic (exact) mass is 508 g/mol. The van der Waals surface area contributed by atoms with Gasteiger partial charge in [-0.3, -0.25) is 4.79 Å². The van der Waals surface area contributed by atoms with Crippen LogP contribution in [0.15, 0.2) is 54.9 Å². The standard InChI is InChI=1S/C20H18Br2N2O4/c1-11(2)27-19-15(22)6-12(7-17(19)26-3)10-23-24-20(25)18-9-13-8-14(21)4-5-16(13)28-18/h4-11H,1-3H3,(H,24,25)/b23-10+. The summed E-state index contributed by atoms with van der Waals surface area (Å²) in [6.07, 6.45) is 1.53. The van der Waals surface area contributed by atoms with Gasteiger partial charge < -0.3 is 13.9 Å². The first-order valence-corrected chi connectivity index (χ1v) is 10.0. The van der Waals surface area contributed by atoms with Gasteiger partial charge in [-0.15, -0.1) is 0 Å². The van der Waals surface area contributed by atoms with Gasteiger partial charge in [-0.1, -0.05) is 15.9 Å². The van der Waals surface area contributed by atoms with Crippen molar-refractivity contribution in [1.82, 2.24) is 5.43 Å². The van der Waals surface area contributed by atoms with Gasteiger partial charge in [0.15, 0.2) is 17.3 Å². The molecule has 1 heterocycles. The van der Waals surface area contributed by atoms with E-state index in [1.54, 1.807) is 25.3 Å². The molecule has 0 saturated heterocycles. The van der Waals surface area contributed by atoms with Crippen molar-refractivity contribution in [2.24, 2.45) is 5.10 Å². The average Bonchev–Trinajstić information content (AvgIpc) is 3.06. The molecule has 0 spiro atoms. The van der Waals surface area contributed by atoms with E-state index in [-0.39, 0.29) is 11.9 Å². The Labute approximate surface area is 179 Å². The number of amides is 1. The van der Waals surface area contributed by atoms with Crippen molar-refractivity contribution in [2.75, 3.05) is 7.11 Å². The molecule has 3 aromatic rings. The molecule has 2 aromatic carbocycles. The number of rotatable bonds is 6. The van der Waals surface area contributed by atoms with Crippen LogP contribution in [-0.2, 0) is 0 Å². The van der Waals surface area contributed by atoms with Gasteiger partial charge in [0.05, 0.1) is 23.9 Å². The number of hydrogen-bond donors (Lipinski definition) is 1. The van der Waals surface area contributed by atoms with Crippen molar-refractivity contribution in [3.8, 4) is 11.5 Å². The summed E-state index contributed by atoms with van der Waals surface area (Å²) in [4.78, 5) is 12.3. The van der Waals surface area contributed by atoms with Crippen LogP contribution in [-0.4, -0.2) is 25.3 Å². The number of furan rings is 1. The third-order valence-electron chi connectivity index (χ3n) is 3.69. The number of ether oxygens (including phenoxy) is 2. The number of nitrogens with zero attached hydrogens (tertiary/aromatic N) is 1. The number of methoxy groups -OCH3 is 1. The number of hydrazone groups is 1. The van der Waals surface area contributed by atoms with E-state index in [1.807, 2.05) is 32.0 Å². The maximum absolute atomic E-state index is 12.3. The quantitative estimate of drug-likeness (QED) is 0.351. The van der Waals surface area contributed by atoms with Crippen LogP contribution in [0.25, 0.3) is 11.0 Å². The van der Waals surface area contributed by atoms with Crippen molar-refractivity contribution in [2.45, 2.75) is 20.0 Å². The lowest BCUT2D eigenvalue weighted by atomic mass is 10.2. The van der Waals surface area contributed by atoms with Gasteiger partial charge in [0.25, 0.3) is 0 Å². The van der Waals surface area contributed by atoms with E-state index in [0.717, 1.165) is 19.9 Å². The van der Waals surface area contributed by atoms with Crippen molar-refractivity contribution in [1.29, 1.82) is 0 Å². The van der Waals surface area contributed by atoms with E-state index >= 15 is 0 Å². The zero-order valence-corrected chi connectivity index (χ0v) is 18.6. The van der Waals surface area contributed by atoms with Gasteiger partial charge in [0.1, 0.15) is 5.58 Å². The molecule has 1 N–H and O–H groups in total. The Bertz CT molecular complexity index is 1040. The lowest BCUT2D eigenvalue weighted by Crippen LogP contribution is -2.16. The third kappa shape index (κ3) is 4.74. The molecule has 0 unspecified atom stereocenters. The van der Waals surface area contributed by atoms with Crippen LogP contribution in [0.2, 0.25) is 0 Å². The summed E-state index contributed by atoms with van der Waals surface area (Å²) in [7, 11) is 1.57. The molecule has 0 aliphatic carbocycles. The predicted molar refractivity (Wildman–Crippen MR) is 115 cm³/mol. The highest BCUT2D eigenvalue weighted by Gasteiger charge is 2.14. The van der Waals surface area contributed by atoms with Crippen molar-refractivity contribution >= 4 is 55.0 Å². The lowest BCUT2D eigenvalue weighted by Gasteiger charge is -2.15. The summed E-state index contributed by atoms with van der Waals surface area (Å²) in [5, 5.41) is 4.83. The number of carbonyl (C=O) groups excluding carboxylic acids is 1. The van der Waals surface area contributed by atoms with E-state index in [1.165, 1.54) is 6.21 Å². The van der Waals surface area contributed by atoms with Crippen molar-refractivity contribution in [3.63, 3.8) is 0 Å². The second-order valence-electron chi connectivity index (χ2n) is 6.19. The van der Waals surface area contributed by atoms with E-state index in [9.17, 15) is 4.79 Å². The number of carbonyl (C=O) groups is 1. The number of fused-ring (bicyclic) bond motifs is 1. The van der Waals surface area contributed by atoms with Crippen LogP contribution >= 0.6 is 31.9 Å². The highest BCUT2D eigenvalue weighted by Crippen LogP contribution is 2.37. The number of benzene rings is 2. The van der Waals surface area contributed by atoms with Crippen LogP contribution < -0.4 is 14.9 Å². The van der Waals surface area contributed by atoms with Gasteiger partial charge in [0, 0.05) is 9.86 Å². The molecule has 1 amide bonds. The van der Waals surface area contributed by atoms with Gasteiger partial charge in [-0.25, -0.2) is 5.43 Å². The largest absolute Gasteiger partial charge is 0.493 e. The molecule has 28 heavy (non-hydrogen) atoms. The predicted octanol–water partition coefficient (Wildman–Crippen LogP) is 5.52. The summed E-state index contributed by atoms with van der Waals surface area (Å²) in [6.45, 7) is 3.88. The molecule has 6 nitrogen and oxygen atoms in total. The maximum Gasteiger partial charge on any atom is 0.307 e. The lowest BCUT2D eigenvalue weighted by molar-refractivity contribution is 0.0929. The molecular weight excluding hydrogens is 492 g/mol. The normalized spacial score (nSPS) is 11.4. The highest BCUT2D eigenvalue weighted by molar-refractivity contribution is 9.10. The maximum atomic E-state index is 12.3. The zero-order chi connectivity index (χ0) is 20.3. The topological polar surface area (TPSA) is 73.1 Å². The zero-order valence-electron chi connectivity index (χ0n) is 15.5. The Kier molecular flexibility index (Phi) is 6.41. The molecule has 0 aliphatic rings. The minimum absolute atomic E-state index is 0.00781. The first-order valence-electron chi connectivity index (χ1n) is 8.44. The minimum Gasteiger partial charge on any atom is -0.493 e. The van der Waals surface area contributed by atoms with Crippen LogP contribution in [0, 0.1) is 0 Å². The number of hydrogen-bond acceptors (Lipinski definition) is 5. The summed E-state index contributed by atoms with van der Waals surface area (Å²) in [5.41, 5.74) is 3.83.